The van der Waals surface area contributed by atoms with Gasteiger partial charge in [-0.15, -0.1) is 0 Å². The minimum Gasteiger partial charge on any atom is -0.370 e. The van der Waals surface area contributed by atoms with Crippen molar-refractivity contribution in [3.8, 4) is 0 Å². The van der Waals surface area contributed by atoms with Crippen LogP contribution in [0.25, 0.3) is 0 Å². The molecule has 0 spiro atoms. The van der Waals surface area contributed by atoms with Crippen LogP contribution in [0, 0.1) is 0 Å². The zero-order valence-corrected chi connectivity index (χ0v) is 11.7. The average Bonchev–Trinajstić information content (AvgIpc) is 2.29. The molecule has 1 aromatic heterocycles. The smallest absolute Gasteiger partial charge is 0.253 e. The summed E-state index contributed by atoms with van der Waals surface area (Å²) in [7, 11) is 0. The molecule has 0 saturated heterocycles. The number of pyridine rings is 1. The van der Waals surface area contributed by atoms with Gasteiger partial charge >= 0.3 is 0 Å². The largest absolute Gasteiger partial charge is 0.370 e. The molecule has 2 N–H and O–H groups in total. The van der Waals surface area contributed by atoms with E-state index < -0.39 is 0 Å². The Balaban J connectivity index is 2.67. The van der Waals surface area contributed by atoms with Gasteiger partial charge in [0.05, 0.1) is 5.56 Å². The van der Waals surface area contributed by atoms with E-state index in [0.29, 0.717) is 5.56 Å². The number of carbonyl (C=O) groups is 1. The number of hydrogen-bond donors (Lipinski definition) is 2. The molecule has 0 aliphatic heterocycles. The summed E-state index contributed by atoms with van der Waals surface area (Å²) in [6.45, 7) is 9.02. The van der Waals surface area contributed by atoms with E-state index >= 15 is 0 Å². The number of aromatic nitrogens is 1. The minimum absolute atomic E-state index is 0.0657. The van der Waals surface area contributed by atoms with Crippen molar-refractivity contribution < 1.29 is 4.79 Å². The van der Waals surface area contributed by atoms with Gasteiger partial charge in [-0.05, 0) is 39.3 Å². The lowest BCUT2D eigenvalue weighted by atomic mass is 9.98. The molecule has 0 aliphatic rings. The molecule has 0 atom stereocenters. The molecular weight excluding hydrogens is 226 g/mol. The number of nitrogens with zero attached hydrogens (tertiary/aromatic N) is 1. The summed E-state index contributed by atoms with van der Waals surface area (Å²) in [5, 5.41) is 6.12. The van der Waals surface area contributed by atoms with E-state index in [9.17, 15) is 4.79 Å². The van der Waals surface area contributed by atoms with Crippen molar-refractivity contribution in [2.24, 2.45) is 0 Å². The second kappa shape index (κ2) is 6.38. The second-order valence-electron chi connectivity index (χ2n) is 5.05. The van der Waals surface area contributed by atoms with Crippen LogP contribution in [0.15, 0.2) is 18.3 Å². The molecule has 4 heteroatoms. The van der Waals surface area contributed by atoms with Gasteiger partial charge in [-0.2, -0.15) is 0 Å². The second-order valence-corrected chi connectivity index (χ2v) is 5.05. The van der Waals surface area contributed by atoms with Crippen molar-refractivity contribution in [2.75, 3.05) is 11.9 Å². The highest BCUT2D eigenvalue weighted by atomic mass is 16.1. The zero-order chi connectivity index (χ0) is 13.6. The van der Waals surface area contributed by atoms with Crippen LogP contribution in [0.4, 0.5) is 5.82 Å². The van der Waals surface area contributed by atoms with E-state index in [-0.39, 0.29) is 11.4 Å². The van der Waals surface area contributed by atoms with Crippen molar-refractivity contribution in [2.45, 2.75) is 46.1 Å². The van der Waals surface area contributed by atoms with Crippen LogP contribution in [-0.4, -0.2) is 23.0 Å². The molecular formula is C14H23N3O. The lowest BCUT2D eigenvalue weighted by Gasteiger charge is -2.25. The van der Waals surface area contributed by atoms with Gasteiger partial charge in [0.15, 0.2) is 0 Å². The number of carbonyl (C=O) groups excluding carboxylic acids is 1. The van der Waals surface area contributed by atoms with Crippen LogP contribution >= 0.6 is 0 Å². The average molecular weight is 249 g/mol. The monoisotopic (exact) mass is 249 g/mol. The van der Waals surface area contributed by atoms with Gasteiger partial charge in [0, 0.05) is 18.3 Å². The summed E-state index contributed by atoms with van der Waals surface area (Å²) in [5.74, 6) is 0.728. The summed E-state index contributed by atoms with van der Waals surface area (Å²) >= 11 is 0. The van der Waals surface area contributed by atoms with Crippen molar-refractivity contribution in [3.63, 3.8) is 0 Å². The summed E-state index contributed by atoms with van der Waals surface area (Å²) in [4.78, 5) is 16.2. The third kappa shape index (κ3) is 4.35. The van der Waals surface area contributed by atoms with Gasteiger partial charge in [-0.3, -0.25) is 4.79 Å². The number of nitrogens with one attached hydrogen (secondary N) is 2. The first-order valence-corrected chi connectivity index (χ1v) is 6.51. The highest BCUT2D eigenvalue weighted by molar-refractivity contribution is 5.94. The number of rotatable bonds is 6. The van der Waals surface area contributed by atoms with Crippen molar-refractivity contribution >= 4 is 11.7 Å². The van der Waals surface area contributed by atoms with Crippen LogP contribution in [0.3, 0.4) is 0 Å². The number of hydrogen-bond acceptors (Lipinski definition) is 3. The first-order chi connectivity index (χ1) is 8.48. The maximum absolute atomic E-state index is 12.0. The molecule has 0 aromatic carbocycles. The number of amides is 1. The Morgan fingerprint density at radius 1 is 1.33 bits per heavy atom. The lowest BCUT2D eigenvalue weighted by Crippen LogP contribution is -2.43. The van der Waals surface area contributed by atoms with E-state index in [4.69, 9.17) is 0 Å². The normalized spacial score (nSPS) is 11.1. The number of anilines is 1. The van der Waals surface area contributed by atoms with E-state index in [1.54, 1.807) is 12.3 Å². The van der Waals surface area contributed by atoms with Gasteiger partial charge < -0.3 is 10.6 Å². The molecule has 0 saturated carbocycles. The fourth-order valence-corrected chi connectivity index (χ4v) is 1.88. The van der Waals surface area contributed by atoms with E-state index in [0.717, 1.165) is 25.2 Å². The highest BCUT2D eigenvalue weighted by Crippen LogP contribution is 2.12. The van der Waals surface area contributed by atoms with Crippen molar-refractivity contribution in [1.29, 1.82) is 0 Å². The van der Waals surface area contributed by atoms with Gasteiger partial charge in [-0.1, -0.05) is 13.3 Å². The molecule has 0 fully saturated rings. The Hall–Kier alpha value is -1.58. The van der Waals surface area contributed by atoms with Gasteiger partial charge in [0.1, 0.15) is 5.82 Å². The predicted octanol–water partition coefficient (Wildman–Crippen LogP) is 2.82. The standard InChI is InChI=1S/C14H23N3O/c1-5-9-14(3,4)17-13(18)11-7-8-12(15-6-2)16-10-11/h7-8,10H,5-6,9H2,1-4H3,(H,15,16)(H,17,18). The van der Waals surface area contributed by atoms with E-state index in [2.05, 4.69) is 22.5 Å². The third-order valence-electron chi connectivity index (χ3n) is 2.71. The van der Waals surface area contributed by atoms with Gasteiger partial charge in [0.2, 0.25) is 0 Å². The summed E-state index contributed by atoms with van der Waals surface area (Å²) < 4.78 is 0. The Labute approximate surface area is 109 Å². The van der Waals surface area contributed by atoms with Crippen molar-refractivity contribution in [3.05, 3.63) is 23.9 Å². The highest BCUT2D eigenvalue weighted by Gasteiger charge is 2.20. The fourth-order valence-electron chi connectivity index (χ4n) is 1.88. The lowest BCUT2D eigenvalue weighted by molar-refractivity contribution is 0.0908. The Morgan fingerprint density at radius 3 is 2.56 bits per heavy atom. The van der Waals surface area contributed by atoms with Gasteiger partial charge in [0.25, 0.3) is 5.91 Å². The van der Waals surface area contributed by atoms with Crippen LogP contribution in [0.5, 0.6) is 0 Å². The molecule has 18 heavy (non-hydrogen) atoms. The van der Waals surface area contributed by atoms with Crippen LogP contribution < -0.4 is 10.6 Å². The molecule has 0 unspecified atom stereocenters. The molecule has 1 amide bonds. The SMILES string of the molecule is CCCC(C)(C)NC(=O)c1ccc(NCC)nc1. The summed E-state index contributed by atoms with van der Waals surface area (Å²) in [6, 6.07) is 3.62. The molecule has 4 nitrogen and oxygen atoms in total. The third-order valence-corrected chi connectivity index (χ3v) is 2.71. The quantitative estimate of drug-likeness (QED) is 0.815. The maximum atomic E-state index is 12.0. The molecule has 100 valence electrons. The first kappa shape index (κ1) is 14.5. The van der Waals surface area contributed by atoms with Crippen LogP contribution in [-0.2, 0) is 0 Å². The minimum atomic E-state index is -0.174. The Morgan fingerprint density at radius 2 is 2.06 bits per heavy atom. The summed E-state index contributed by atoms with van der Waals surface area (Å²) in [6.07, 6.45) is 3.61. The van der Waals surface area contributed by atoms with E-state index in [1.807, 2.05) is 26.8 Å². The first-order valence-electron chi connectivity index (χ1n) is 6.51. The molecule has 1 heterocycles. The molecule has 1 rings (SSSR count). The van der Waals surface area contributed by atoms with Gasteiger partial charge in [-0.25, -0.2) is 4.98 Å². The topological polar surface area (TPSA) is 54.0 Å². The summed E-state index contributed by atoms with van der Waals surface area (Å²) in [5.41, 5.74) is 0.424. The molecule has 0 bridgehead atoms. The van der Waals surface area contributed by atoms with Crippen LogP contribution in [0.1, 0.15) is 50.9 Å². The Kier molecular flexibility index (Phi) is 5.13. The fraction of sp³-hybridized carbons (Fsp3) is 0.571. The molecule has 0 aliphatic carbocycles. The molecule has 0 radical (unpaired) electrons. The zero-order valence-electron chi connectivity index (χ0n) is 11.7. The Bertz CT molecular complexity index is 385. The predicted molar refractivity (Wildman–Crippen MR) is 74.9 cm³/mol. The van der Waals surface area contributed by atoms with E-state index in [1.165, 1.54) is 0 Å². The maximum Gasteiger partial charge on any atom is 0.253 e. The van der Waals surface area contributed by atoms with Crippen LogP contribution in [0.2, 0.25) is 0 Å². The molecule has 1 aromatic rings. The van der Waals surface area contributed by atoms with Crippen molar-refractivity contribution in [1.82, 2.24) is 10.3 Å².